The van der Waals surface area contributed by atoms with Gasteiger partial charge < -0.3 is 4.57 Å². The van der Waals surface area contributed by atoms with Crippen LogP contribution >= 0.6 is 0 Å². The third kappa shape index (κ3) is 3.68. The quantitative estimate of drug-likeness (QED) is 0.888. The van der Waals surface area contributed by atoms with Gasteiger partial charge in [-0.1, -0.05) is 19.1 Å². The van der Waals surface area contributed by atoms with E-state index in [1.165, 1.54) is 0 Å². The second-order valence-corrected chi connectivity index (χ2v) is 6.59. The lowest BCUT2D eigenvalue weighted by Gasteiger charge is -2.15. The number of benzene rings is 1. The van der Waals surface area contributed by atoms with Gasteiger partial charge in [0.25, 0.3) is 0 Å². The van der Waals surface area contributed by atoms with Crippen molar-refractivity contribution in [2.24, 2.45) is 0 Å². The van der Waals surface area contributed by atoms with E-state index in [2.05, 4.69) is 9.71 Å². The van der Waals surface area contributed by atoms with Crippen LogP contribution in [0.1, 0.15) is 31.9 Å². The Labute approximate surface area is 119 Å². The molecule has 2 aromatic rings. The van der Waals surface area contributed by atoms with Crippen LogP contribution in [0, 0.1) is 0 Å². The van der Waals surface area contributed by atoms with E-state index in [0.717, 1.165) is 11.3 Å². The Bertz CT molecular complexity index is 634. The summed E-state index contributed by atoms with van der Waals surface area (Å²) in [7, 11) is -3.20. The molecule has 1 atom stereocenters. The van der Waals surface area contributed by atoms with Crippen molar-refractivity contribution in [2.75, 3.05) is 5.75 Å². The van der Waals surface area contributed by atoms with E-state index >= 15 is 0 Å². The second kappa shape index (κ2) is 6.19. The maximum Gasteiger partial charge on any atom is 0.212 e. The molecule has 20 heavy (non-hydrogen) atoms. The summed E-state index contributed by atoms with van der Waals surface area (Å²) in [6, 6.07) is 7.51. The summed E-state index contributed by atoms with van der Waals surface area (Å²) < 4.78 is 28.1. The third-order valence-electron chi connectivity index (χ3n) is 3.02. The molecule has 2 rings (SSSR count). The van der Waals surface area contributed by atoms with E-state index < -0.39 is 10.0 Å². The minimum absolute atomic E-state index is 0.157. The molecule has 6 heteroatoms. The highest BCUT2D eigenvalue weighted by Gasteiger charge is 2.14. The van der Waals surface area contributed by atoms with Crippen molar-refractivity contribution in [2.45, 2.75) is 26.3 Å². The van der Waals surface area contributed by atoms with Crippen LogP contribution in [0.2, 0.25) is 0 Å². The molecule has 1 N–H and O–H groups in total. The highest BCUT2D eigenvalue weighted by atomic mass is 32.2. The summed E-state index contributed by atoms with van der Waals surface area (Å²) in [4.78, 5) is 4.00. The first-order valence-corrected chi connectivity index (χ1v) is 8.25. The summed E-state index contributed by atoms with van der Waals surface area (Å²) in [6.07, 6.45) is 5.92. The van der Waals surface area contributed by atoms with Gasteiger partial charge in [0.2, 0.25) is 10.0 Å². The molecule has 1 heterocycles. The maximum atomic E-state index is 11.7. The maximum absolute atomic E-state index is 11.7. The molecule has 0 saturated carbocycles. The zero-order valence-electron chi connectivity index (χ0n) is 11.7. The Morgan fingerprint density at radius 2 is 2.00 bits per heavy atom. The van der Waals surface area contributed by atoms with E-state index in [0.29, 0.717) is 6.42 Å². The first kappa shape index (κ1) is 14.7. The summed E-state index contributed by atoms with van der Waals surface area (Å²) in [6.45, 7) is 3.70. The SMILES string of the molecule is CCCS(=O)(=O)NC(C)c1ccc(-n2ccnc2)cc1. The van der Waals surface area contributed by atoms with Gasteiger partial charge >= 0.3 is 0 Å². The lowest BCUT2D eigenvalue weighted by atomic mass is 10.1. The van der Waals surface area contributed by atoms with Crippen LogP contribution in [-0.4, -0.2) is 23.7 Å². The van der Waals surface area contributed by atoms with Gasteiger partial charge in [0.1, 0.15) is 0 Å². The number of nitrogens with zero attached hydrogens (tertiary/aromatic N) is 2. The monoisotopic (exact) mass is 293 g/mol. The largest absolute Gasteiger partial charge is 0.306 e. The third-order valence-corrected chi connectivity index (χ3v) is 4.68. The Hall–Kier alpha value is -1.66. The van der Waals surface area contributed by atoms with Gasteiger partial charge in [-0.3, -0.25) is 0 Å². The van der Waals surface area contributed by atoms with Crippen molar-refractivity contribution in [1.82, 2.24) is 14.3 Å². The number of aromatic nitrogens is 2. The van der Waals surface area contributed by atoms with Gasteiger partial charge in [-0.2, -0.15) is 0 Å². The van der Waals surface area contributed by atoms with Crippen molar-refractivity contribution in [1.29, 1.82) is 0 Å². The minimum Gasteiger partial charge on any atom is -0.306 e. The van der Waals surface area contributed by atoms with Crippen molar-refractivity contribution in [3.05, 3.63) is 48.5 Å². The zero-order chi connectivity index (χ0) is 14.6. The summed E-state index contributed by atoms with van der Waals surface area (Å²) in [5.74, 6) is 0.157. The molecular formula is C14H19N3O2S. The molecule has 0 bridgehead atoms. The van der Waals surface area contributed by atoms with Crippen molar-refractivity contribution in [3.63, 3.8) is 0 Å². The fourth-order valence-corrected chi connectivity index (χ4v) is 3.34. The molecule has 0 radical (unpaired) electrons. The smallest absolute Gasteiger partial charge is 0.212 e. The summed E-state index contributed by atoms with van der Waals surface area (Å²) in [5.41, 5.74) is 1.93. The lowest BCUT2D eigenvalue weighted by molar-refractivity contribution is 0.565. The van der Waals surface area contributed by atoms with E-state index in [1.807, 2.05) is 48.9 Å². The van der Waals surface area contributed by atoms with E-state index in [1.54, 1.807) is 12.5 Å². The van der Waals surface area contributed by atoms with Crippen LogP contribution in [0.3, 0.4) is 0 Å². The van der Waals surface area contributed by atoms with Gasteiger partial charge in [-0.25, -0.2) is 18.1 Å². The van der Waals surface area contributed by atoms with Crippen molar-refractivity contribution < 1.29 is 8.42 Å². The van der Waals surface area contributed by atoms with Crippen LogP contribution < -0.4 is 4.72 Å². The molecule has 0 saturated heterocycles. The Kier molecular flexibility index (Phi) is 4.57. The van der Waals surface area contributed by atoms with Crippen LogP contribution in [0.5, 0.6) is 0 Å². The molecular weight excluding hydrogens is 274 g/mol. The molecule has 0 fully saturated rings. The number of nitrogens with one attached hydrogen (secondary N) is 1. The van der Waals surface area contributed by atoms with Gasteiger partial charge in [-0.05, 0) is 31.0 Å². The second-order valence-electron chi connectivity index (χ2n) is 4.72. The highest BCUT2D eigenvalue weighted by molar-refractivity contribution is 7.89. The molecule has 0 aliphatic carbocycles. The predicted octanol–water partition coefficient (Wildman–Crippen LogP) is 2.26. The molecule has 1 unspecified atom stereocenters. The molecule has 0 spiro atoms. The van der Waals surface area contributed by atoms with Crippen molar-refractivity contribution in [3.8, 4) is 5.69 Å². The number of hydrogen-bond acceptors (Lipinski definition) is 3. The Balaban J connectivity index is 2.10. The summed E-state index contributed by atoms with van der Waals surface area (Å²) in [5, 5.41) is 0. The molecule has 1 aromatic carbocycles. The fraction of sp³-hybridized carbons (Fsp3) is 0.357. The van der Waals surface area contributed by atoms with E-state index in [-0.39, 0.29) is 11.8 Å². The van der Waals surface area contributed by atoms with Crippen LogP contribution in [0.4, 0.5) is 0 Å². The lowest BCUT2D eigenvalue weighted by Crippen LogP contribution is -2.28. The topological polar surface area (TPSA) is 64.0 Å². The molecule has 1 aromatic heterocycles. The van der Waals surface area contributed by atoms with Crippen LogP contribution in [-0.2, 0) is 10.0 Å². The number of sulfonamides is 1. The minimum atomic E-state index is -3.20. The van der Waals surface area contributed by atoms with Crippen molar-refractivity contribution >= 4 is 10.0 Å². The zero-order valence-corrected chi connectivity index (χ0v) is 12.5. The molecule has 0 aliphatic heterocycles. The highest BCUT2D eigenvalue weighted by Crippen LogP contribution is 2.16. The van der Waals surface area contributed by atoms with E-state index in [4.69, 9.17) is 0 Å². The van der Waals surface area contributed by atoms with Gasteiger partial charge in [0, 0.05) is 24.1 Å². The molecule has 0 aliphatic rings. The Morgan fingerprint density at radius 3 is 2.55 bits per heavy atom. The average molecular weight is 293 g/mol. The normalized spacial score (nSPS) is 13.3. The predicted molar refractivity (Wildman–Crippen MR) is 79.2 cm³/mol. The first-order chi connectivity index (χ1) is 9.52. The summed E-state index contributed by atoms with van der Waals surface area (Å²) >= 11 is 0. The van der Waals surface area contributed by atoms with Gasteiger partial charge in [0.15, 0.2) is 0 Å². The molecule has 108 valence electrons. The van der Waals surface area contributed by atoms with Crippen LogP contribution in [0.15, 0.2) is 43.0 Å². The average Bonchev–Trinajstić information content (AvgIpc) is 2.92. The van der Waals surface area contributed by atoms with Crippen LogP contribution in [0.25, 0.3) is 5.69 Å². The standard InChI is InChI=1S/C14H19N3O2S/c1-3-10-20(18,19)16-12(2)13-4-6-14(7-5-13)17-9-8-15-11-17/h4-9,11-12,16H,3,10H2,1-2H3. The van der Waals surface area contributed by atoms with E-state index in [9.17, 15) is 8.42 Å². The number of imidazole rings is 1. The fourth-order valence-electron chi connectivity index (χ4n) is 2.01. The number of hydrogen-bond donors (Lipinski definition) is 1. The molecule has 0 amide bonds. The van der Waals surface area contributed by atoms with Gasteiger partial charge in [0.05, 0.1) is 12.1 Å². The molecule has 5 nitrogen and oxygen atoms in total. The van der Waals surface area contributed by atoms with Gasteiger partial charge in [-0.15, -0.1) is 0 Å². The first-order valence-electron chi connectivity index (χ1n) is 6.60. The Morgan fingerprint density at radius 1 is 1.30 bits per heavy atom. The number of rotatable bonds is 6.